The van der Waals surface area contributed by atoms with Gasteiger partial charge in [-0.15, -0.1) is 0 Å². The van der Waals surface area contributed by atoms with Gasteiger partial charge in [0.15, 0.2) is 0 Å². The number of rotatable bonds is 4. The lowest BCUT2D eigenvalue weighted by molar-refractivity contribution is 0.0296. The number of ether oxygens (including phenoxy) is 1. The molecule has 0 radical (unpaired) electrons. The Bertz CT molecular complexity index is 427. The van der Waals surface area contributed by atoms with Crippen molar-refractivity contribution in [3.05, 3.63) is 17.0 Å². The Balaban J connectivity index is 2.27. The van der Waals surface area contributed by atoms with Crippen LogP contribution in [0.15, 0.2) is 6.07 Å². The molecule has 1 fully saturated rings. The van der Waals surface area contributed by atoms with E-state index >= 15 is 0 Å². The lowest BCUT2D eigenvalue weighted by Crippen LogP contribution is -2.49. The van der Waals surface area contributed by atoms with Gasteiger partial charge in [0.2, 0.25) is 0 Å². The fraction of sp³-hybridized carbons (Fsp3) is 0.714. The van der Waals surface area contributed by atoms with Crippen molar-refractivity contribution in [3.63, 3.8) is 0 Å². The third-order valence-corrected chi connectivity index (χ3v) is 3.63. The Hall–Kier alpha value is -0.870. The number of hydrogen-bond acceptors (Lipinski definition) is 4. The molecule has 0 N–H and O–H groups in total. The second kappa shape index (κ2) is 6.53. The summed E-state index contributed by atoms with van der Waals surface area (Å²) in [6, 6.07) is 2.23. The molecule has 2 atom stereocenters. The summed E-state index contributed by atoms with van der Waals surface area (Å²) in [5.41, 5.74) is 0. The van der Waals surface area contributed by atoms with Gasteiger partial charge in [-0.05, 0) is 19.8 Å². The average Bonchev–Trinajstić information content (AvgIpc) is 2.38. The smallest absolute Gasteiger partial charge is 0.134 e. The number of aromatic nitrogens is 2. The third kappa shape index (κ3) is 3.57. The molecule has 1 aliphatic heterocycles. The summed E-state index contributed by atoms with van der Waals surface area (Å²) in [7, 11) is 0. The van der Waals surface area contributed by atoms with E-state index < -0.39 is 0 Å². The minimum atomic E-state index is 0.228. The minimum absolute atomic E-state index is 0.228. The SMILES string of the molecule is CCCc1nc(Cl)cc(N2CC(C)OCC2CC)n1. The first-order chi connectivity index (χ1) is 9.13. The third-order valence-electron chi connectivity index (χ3n) is 3.43. The average molecular weight is 284 g/mol. The van der Waals surface area contributed by atoms with Gasteiger partial charge in [0.1, 0.15) is 16.8 Å². The van der Waals surface area contributed by atoms with E-state index in [1.165, 1.54) is 0 Å². The van der Waals surface area contributed by atoms with Crippen LogP contribution >= 0.6 is 11.6 Å². The van der Waals surface area contributed by atoms with Gasteiger partial charge in [-0.25, -0.2) is 9.97 Å². The predicted octanol–water partition coefficient (Wildman–Crippen LogP) is 3.09. The topological polar surface area (TPSA) is 38.2 Å². The molecule has 0 amide bonds. The second-order valence-corrected chi connectivity index (χ2v) is 5.46. The minimum Gasteiger partial charge on any atom is -0.375 e. The van der Waals surface area contributed by atoms with Crippen molar-refractivity contribution in [2.24, 2.45) is 0 Å². The monoisotopic (exact) mass is 283 g/mol. The van der Waals surface area contributed by atoms with Gasteiger partial charge in [0, 0.05) is 19.0 Å². The van der Waals surface area contributed by atoms with Crippen molar-refractivity contribution in [1.82, 2.24) is 9.97 Å². The molecule has 4 nitrogen and oxygen atoms in total. The van der Waals surface area contributed by atoms with Crippen molar-refractivity contribution in [3.8, 4) is 0 Å². The summed E-state index contributed by atoms with van der Waals surface area (Å²) in [4.78, 5) is 11.2. The van der Waals surface area contributed by atoms with Crippen LogP contribution in [0.2, 0.25) is 5.15 Å². The summed E-state index contributed by atoms with van der Waals surface area (Å²) in [6.45, 7) is 8.00. The Morgan fingerprint density at radius 2 is 2.21 bits per heavy atom. The summed E-state index contributed by atoms with van der Waals surface area (Å²) in [6.07, 6.45) is 3.16. The van der Waals surface area contributed by atoms with Crippen LogP contribution in [0.3, 0.4) is 0 Å². The molecular formula is C14H22ClN3O. The van der Waals surface area contributed by atoms with Gasteiger partial charge in [-0.2, -0.15) is 0 Å². The standard InChI is InChI=1S/C14H22ClN3O/c1-4-6-13-16-12(15)7-14(17-13)18-8-10(3)19-9-11(18)5-2/h7,10-11H,4-6,8-9H2,1-3H3. The molecule has 106 valence electrons. The van der Waals surface area contributed by atoms with E-state index in [1.807, 2.05) is 6.07 Å². The normalized spacial score (nSPS) is 23.7. The highest BCUT2D eigenvalue weighted by molar-refractivity contribution is 6.29. The molecule has 2 rings (SSSR count). The van der Waals surface area contributed by atoms with Gasteiger partial charge in [-0.1, -0.05) is 25.4 Å². The first-order valence-corrected chi connectivity index (χ1v) is 7.43. The van der Waals surface area contributed by atoms with Crippen LogP contribution in [0.25, 0.3) is 0 Å². The lowest BCUT2D eigenvalue weighted by Gasteiger charge is -2.39. The first-order valence-electron chi connectivity index (χ1n) is 7.05. The second-order valence-electron chi connectivity index (χ2n) is 5.07. The number of aryl methyl sites for hydroxylation is 1. The lowest BCUT2D eigenvalue weighted by atomic mass is 10.1. The molecule has 0 aromatic carbocycles. The highest BCUT2D eigenvalue weighted by atomic mass is 35.5. The van der Waals surface area contributed by atoms with E-state index in [1.54, 1.807) is 0 Å². The molecule has 19 heavy (non-hydrogen) atoms. The quantitative estimate of drug-likeness (QED) is 0.796. The maximum absolute atomic E-state index is 6.12. The van der Waals surface area contributed by atoms with E-state index in [4.69, 9.17) is 16.3 Å². The molecule has 2 heterocycles. The molecule has 5 heteroatoms. The molecule has 0 aliphatic carbocycles. The summed E-state index contributed by atoms with van der Waals surface area (Å²) >= 11 is 6.12. The Kier molecular flexibility index (Phi) is 4.99. The van der Waals surface area contributed by atoms with E-state index in [0.29, 0.717) is 11.2 Å². The van der Waals surface area contributed by atoms with Crippen molar-refractivity contribution in [2.75, 3.05) is 18.1 Å². The fourth-order valence-electron chi connectivity index (χ4n) is 2.40. The Morgan fingerprint density at radius 1 is 1.42 bits per heavy atom. The fourth-order valence-corrected chi connectivity index (χ4v) is 2.59. The Morgan fingerprint density at radius 3 is 2.89 bits per heavy atom. The van der Waals surface area contributed by atoms with Crippen molar-refractivity contribution >= 4 is 17.4 Å². The summed E-state index contributed by atoms with van der Waals surface area (Å²) in [5, 5.41) is 0.530. The number of hydrogen-bond donors (Lipinski definition) is 0. The number of nitrogens with zero attached hydrogens (tertiary/aromatic N) is 3. The van der Waals surface area contributed by atoms with E-state index in [2.05, 4.69) is 35.6 Å². The molecule has 1 aromatic rings. The zero-order chi connectivity index (χ0) is 13.8. The van der Waals surface area contributed by atoms with Gasteiger partial charge < -0.3 is 9.64 Å². The zero-order valence-corrected chi connectivity index (χ0v) is 12.7. The van der Waals surface area contributed by atoms with Gasteiger partial charge >= 0.3 is 0 Å². The molecule has 0 spiro atoms. The van der Waals surface area contributed by atoms with Crippen LogP contribution in [0, 0.1) is 0 Å². The van der Waals surface area contributed by atoms with Crippen LogP contribution in [0.1, 0.15) is 39.4 Å². The van der Waals surface area contributed by atoms with Crippen molar-refractivity contribution < 1.29 is 4.74 Å². The van der Waals surface area contributed by atoms with E-state index in [9.17, 15) is 0 Å². The summed E-state index contributed by atoms with van der Waals surface area (Å²) in [5.74, 6) is 1.77. The number of morpholine rings is 1. The molecule has 0 bridgehead atoms. The maximum Gasteiger partial charge on any atom is 0.134 e. The molecule has 1 saturated heterocycles. The van der Waals surface area contributed by atoms with Crippen LogP contribution in [-0.4, -0.2) is 35.3 Å². The highest BCUT2D eigenvalue weighted by Crippen LogP contribution is 2.24. The first kappa shape index (κ1) is 14.5. The highest BCUT2D eigenvalue weighted by Gasteiger charge is 2.27. The molecule has 1 aliphatic rings. The van der Waals surface area contributed by atoms with E-state index in [-0.39, 0.29) is 6.10 Å². The van der Waals surface area contributed by atoms with Crippen molar-refractivity contribution in [1.29, 1.82) is 0 Å². The maximum atomic E-state index is 6.12. The van der Waals surface area contributed by atoms with Gasteiger partial charge in [0.25, 0.3) is 0 Å². The number of anilines is 1. The molecule has 0 saturated carbocycles. The Labute approximate surface area is 120 Å². The van der Waals surface area contributed by atoms with Gasteiger partial charge in [-0.3, -0.25) is 0 Å². The van der Waals surface area contributed by atoms with Gasteiger partial charge in [0.05, 0.1) is 18.8 Å². The predicted molar refractivity (Wildman–Crippen MR) is 77.9 cm³/mol. The van der Waals surface area contributed by atoms with Crippen LogP contribution in [0.4, 0.5) is 5.82 Å². The van der Waals surface area contributed by atoms with Crippen LogP contribution < -0.4 is 4.90 Å². The molecular weight excluding hydrogens is 262 g/mol. The number of halogens is 1. The molecule has 1 aromatic heterocycles. The molecule has 2 unspecified atom stereocenters. The van der Waals surface area contributed by atoms with Crippen LogP contribution in [0.5, 0.6) is 0 Å². The van der Waals surface area contributed by atoms with Crippen molar-refractivity contribution in [2.45, 2.75) is 52.2 Å². The largest absolute Gasteiger partial charge is 0.375 e. The zero-order valence-electron chi connectivity index (χ0n) is 11.9. The van der Waals surface area contributed by atoms with Crippen LogP contribution in [-0.2, 0) is 11.2 Å². The van der Waals surface area contributed by atoms with E-state index in [0.717, 1.165) is 44.1 Å². The summed E-state index contributed by atoms with van der Waals surface area (Å²) < 4.78 is 5.72.